The van der Waals surface area contributed by atoms with Gasteiger partial charge in [-0.25, -0.2) is 0 Å². The van der Waals surface area contributed by atoms with Gasteiger partial charge in [0.1, 0.15) is 4.99 Å². The number of carbonyl (C=O) groups excluding carboxylic acids is 1. The number of halogens is 1. The van der Waals surface area contributed by atoms with Crippen molar-refractivity contribution >= 4 is 40.4 Å². The van der Waals surface area contributed by atoms with Gasteiger partial charge in [0.2, 0.25) is 5.91 Å². The second-order valence-electron chi connectivity index (χ2n) is 5.03. The first-order valence-electron chi connectivity index (χ1n) is 6.64. The van der Waals surface area contributed by atoms with Crippen molar-refractivity contribution in [2.75, 3.05) is 11.4 Å². The zero-order valence-electron chi connectivity index (χ0n) is 11.1. The van der Waals surface area contributed by atoms with Crippen LogP contribution in [0.2, 0.25) is 5.02 Å². The fourth-order valence-electron chi connectivity index (χ4n) is 2.79. The summed E-state index contributed by atoms with van der Waals surface area (Å²) >= 11 is 11.3. The number of primary amides is 1. The summed E-state index contributed by atoms with van der Waals surface area (Å²) in [6, 6.07) is 5.76. The molecule has 1 saturated carbocycles. The van der Waals surface area contributed by atoms with Gasteiger partial charge in [-0.1, -0.05) is 42.7 Å². The highest BCUT2D eigenvalue weighted by Gasteiger charge is 2.26. The van der Waals surface area contributed by atoms with E-state index in [1.807, 2.05) is 17.0 Å². The molecule has 108 valence electrons. The third-order valence-corrected chi connectivity index (χ3v) is 4.16. The van der Waals surface area contributed by atoms with Crippen LogP contribution in [-0.4, -0.2) is 23.5 Å². The molecule has 0 saturated heterocycles. The minimum Gasteiger partial charge on any atom is -0.389 e. The van der Waals surface area contributed by atoms with E-state index in [0.29, 0.717) is 10.6 Å². The van der Waals surface area contributed by atoms with Crippen molar-refractivity contribution in [3.63, 3.8) is 0 Å². The highest BCUT2D eigenvalue weighted by molar-refractivity contribution is 7.80. The summed E-state index contributed by atoms with van der Waals surface area (Å²) in [4.78, 5) is 13.6. The van der Waals surface area contributed by atoms with Crippen LogP contribution in [0.1, 0.15) is 31.2 Å². The lowest BCUT2D eigenvalue weighted by atomic mass is 10.1. The number of hydrogen-bond donors (Lipinski definition) is 2. The Labute approximate surface area is 129 Å². The van der Waals surface area contributed by atoms with Crippen molar-refractivity contribution in [1.29, 1.82) is 0 Å². The van der Waals surface area contributed by atoms with E-state index in [-0.39, 0.29) is 23.5 Å². The van der Waals surface area contributed by atoms with Gasteiger partial charge in [-0.3, -0.25) is 4.79 Å². The van der Waals surface area contributed by atoms with E-state index in [2.05, 4.69) is 0 Å². The highest BCUT2D eigenvalue weighted by Crippen LogP contribution is 2.33. The zero-order chi connectivity index (χ0) is 14.7. The lowest BCUT2D eigenvalue weighted by molar-refractivity contribution is -0.116. The molecule has 0 spiro atoms. The SMILES string of the molecule is NC(=O)CN(c1cccc(Cl)c1C(N)=S)C1CCCC1. The molecule has 1 aliphatic rings. The molecule has 1 aromatic carbocycles. The van der Waals surface area contributed by atoms with E-state index in [4.69, 9.17) is 35.3 Å². The first kappa shape index (κ1) is 15.1. The Balaban J connectivity index is 2.44. The highest BCUT2D eigenvalue weighted by atomic mass is 35.5. The molecule has 6 heteroatoms. The molecule has 0 radical (unpaired) electrons. The number of benzene rings is 1. The Morgan fingerprint density at radius 1 is 1.35 bits per heavy atom. The minimum absolute atomic E-state index is 0.153. The van der Waals surface area contributed by atoms with Crippen LogP contribution in [0.25, 0.3) is 0 Å². The standard InChI is InChI=1S/C14H18ClN3OS/c15-10-6-3-7-11(13(10)14(17)20)18(8-12(16)19)9-4-1-2-5-9/h3,6-7,9H,1-2,4-5,8H2,(H2,16,19)(H2,17,20). The number of anilines is 1. The van der Waals surface area contributed by atoms with E-state index in [0.717, 1.165) is 31.4 Å². The maximum atomic E-state index is 11.4. The van der Waals surface area contributed by atoms with Gasteiger partial charge in [-0.05, 0) is 25.0 Å². The van der Waals surface area contributed by atoms with Crippen molar-refractivity contribution in [2.45, 2.75) is 31.7 Å². The predicted octanol–water partition coefficient (Wildman–Crippen LogP) is 2.21. The Kier molecular flexibility index (Phi) is 4.83. The monoisotopic (exact) mass is 311 g/mol. The van der Waals surface area contributed by atoms with E-state index in [1.54, 1.807) is 6.07 Å². The van der Waals surface area contributed by atoms with Crippen LogP contribution in [0, 0.1) is 0 Å². The van der Waals surface area contributed by atoms with Crippen LogP contribution in [0.15, 0.2) is 18.2 Å². The Morgan fingerprint density at radius 3 is 2.55 bits per heavy atom. The third kappa shape index (κ3) is 3.22. The summed E-state index contributed by atoms with van der Waals surface area (Å²) in [5.74, 6) is -0.370. The molecule has 0 bridgehead atoms. The molecule has 1 amide bonds. The van der Waals surface area contributed by atoms with Gasteiger partial charge in [0, 0.05) is 11.7 Å². The van der Waals surface area contributed by atoms with Gasteiger partial charge in [-0.15, -0.1) is 0 Å². The molecule has 1 aromatic rings. The number of rotatable bonds is 5. The summed E-state index contributed by atoms with van der Waals surface area (Å²) in [5.41, 5.74) is 12.6. The van der Waals surface area contributed by atoms with E-state index >= 15 is 0 Å². The molecule has 4 nitrogen and oxygen atoms in total. The van der Waals surface area contributed by atoms with Crippen LogP contribution in [0.4, 0.5) is 5.69 Å². The van der Waals surface area contributed by atoms with E-state index < -0.39 is 0 Å². The number of thiocarbonyl (C=S) groups is 1. The molecule has 0 aromatic heterocycles. The summed E-state index contributed by atoms with van der Waals surface area (Å²) in [6.07, 6.45) is 4.39. The van der Waals surface area contributed by atoms with Gasteiger partial charge >= 0.3 is 0 Å². The largest absolute Gasteiger partial charge is 0.389 e. The Hall–Kier alpha value is -1.33. The summed E-state index contributed by atoms with van der Waals surface area (Å²) < 4.78 is 0. The Bertz CT molecular complexity index is 529. The van der Waals surface area contributed by atoms with Crippen LogP contribution in [0.5, 0.6) is 0 Å². The normalized spacial score (nSPS) is 15.2. The van der Waals surface area contributed by atoms with Gasteiger partial charge in [0.05, 0.1) is 17.1 Å². The molecule has 1 aliphatic carbocycles. The van der Waals surface area contributed by atoms with Crippen molar-refractivity contribution in [1.82, 2.24) is 0 Å². The molecular weight excluding hydrogens is 294 g/mol. The molecule has 0 unspecified atom stereocenters. The van der Waals surface area contributed by atoms with Crippen molar-refractivity contribution in [3.05, 3.63) is 28.8 Å². The third-order valence-electron chi connectivity index (χ3n) is 3.64. The molecule has 2 rings (SSSR count). The second-order valence-corrected chi connectivity index (χ2v) is 5.88. The average molecular weight is 312 g/mol. The lowest BCUT2D eigenvalue weighted by Gasteiger charge is -2.32. The molecular formula is C14H18ClN3OS. The molecule has 4 N–H and O–H groups in total. The summed E-state index contributed by atoms with van der Waals surface area (Å²) in [7, 11) is 0. The smallest absolute Gasteiger partial charge is 0.236 e. The maximum absolute atomic E-state index is 11.4. The van der Waals surface area contributed by atoms with Crippen molar-refractivity contribution < 1.29 is 4.79 Å². The van der Waals surface area contributed by atoms with Crippen LogP contribution in [0.3, 0.4) is 0 Å². The molecule has 20 heavy (non-hydrogen) atoms. The van der Waals surface area contributed by atoms with Crippen molar-refractivity contribution in [3.8, 4) is 0 Å². The number of hydrogen-bond acceptors (Lipinski definition) is 3. The number of nitrogens with zero attached hydrogens (tertiary/aromatic N) is 1. The van der Waals surface area contributed by atoms with Gasteiger partial charge in [0.25, 0.3) is 0 Å². The second kappa shape index (κ2) is 6.41. The van der Waals surface area contributed by atoms with Crippen molar-refractivity contribution in [2.24, 2.45) is 11.5 Å². The average Bonchev–Trinajstić information content (AvgIpc) is 2.88. The quantitative estimate of drug-likeness (QED) is 0.818. The summed E-state index contributed by atoms with van der Waals surface area (Å²) in [5, 5.41) is 0.502. The van der Waals surface area contributed by atoms with Gasteiger partial charge < -0.3 is 16.4 Å². The minimum atomic E-state index is -0.370. The predicted molar refractivity (Wildman–Crippen MR) is 86.1 cm³/mol. The van der Waals surface area contributed by atoms with Gasteiger partial charge in [-0.2, -0.15) is 0 Å². The number of carbonyl (C=O) groups is 1. The number of nitrogens with two attached hydrogens (primary N) is 2. The number of amides is 1. The molecule has 0 aliphatic heterocycles. The first-order chi connectivity index (χ1) is 9.50. The van der Waals surface area contributed by atoms with Crippen LogP contribution in [-0.2, 0) is 4.79 Å². The lowest BCUT2D eigenvalue weighted by Crippen LogP contribution is -2.41. The van der Waals surface area contributed by atoms with E-state index in [1.165, 1.54) is 0 Å². The molecule has 0 atom stereocenters. The maximum Gasteiger partial charge on any atom is 0.236 e. The topological polar surface area (TPSA) is 72.4 Å². The van der Waals surface area contributed by atoms with Gasteiger partial charge in [0.15, 0.2) is 0 Å². The van der Waals surface area contributed by atoms with E-state index in [9.17, 15) is 4.79 Å². The van der Waals surface area contributed by atoms with Crippen LogP contribution < -0.4 is 16.4 Å². The molecule has 1 fully saturated rings. The summed E-state index contributed by atoms with van der Waals surface area (Å²) in [6.45, 7) is 0.153. The zero-order valence-corrected chi connectivity index (χ0v) is 12.7. The Morgan fingerprint density at radius 2 is 2.00 bits per heavy atom. The molecule has 0 heterocycles. The first-order valence-corrected chi connectivity index (χ1v) is 7.42. The fraction of sp³-hybridized carbons (Fsp3) is 0.429. The fourth-order valence-corrected chi connectivity index (χ4v) is 3.33. The van der Waals surface area contributed by atoms with Crippen LogP contribution >= 0.6 is 23.8 Å².